The number of ether oxygens (including phenoxy) is 1. The number of nitrogens with zero attached hydrogens (tertiary/aromatic N) is 4. The van der Waals surface area contributed by atoms with Crippen molar-refractivity contribution < 1.29 is 9.84 Å². The summed E-state index contributed by atoms with van der Waals surface area (Å²) < 4.78 is 9.89. The Hall–Kier alpha value is -1.70. The molecule has 0 spiro atoms. The SMILES string of the molecule is Cc1nsc(N2CCCN(CC(O)COc3ccccc3)CC2)n1. The van der Waals surface area contributed by atoms with Gasteiger partial charge in [0.25, 0.3) is 0 Å². The minimum Gasteiger partial charge on any atom is -0.491 e. The van der Waals surface area contributed by atoms with Crippen LogP contribution in [-0.4, -0.2) is 64.8 Å². The molecule has 1 unspecified atom stereocenters. The molecule has 0 amide bonds. The number of aryl methyl sites for hydroxylation is 1. The summed E-state index contributed by atoms with van der Waals surface area (Å²) >= 11 is 1.46. The normalized spacial score (nSPS) is 17.5. The Morgan fingerprint density at radius 2 is 2.04 bits per heavy atom. The Morgan fingerprint density at radius 3 is 2.79 bits per heavy atom. The second-order valence-electron chi connectivity index (χ2n) is 6.04. The largest absolute Gasteiger partial charge is 0.491 e. The van der Waals surface area contributed by atoms with Crippen LogP contribution in [0.15, 0.2) is 30.3 Å². The number of aliphatic hydroxyl groups is 1. The molecule has 1 fully saturated rings. The zero-order valence-corrected chi connectivity index (χ0v) is 14.8. The van der Waals surface area contributed by atoms with E-state index < -0.39 is 6.10 Å². The van der Waals surface area contributed by atoms with E-state index in [9.17, 15) is 5.11 Å². The summed E-state index contributed by atoms with van der Waals surface area (Å²) in [5.74, 6) is 1.63. The van der Waals surface area contributed by atoms with Crippen molar-refractivity contribution in [3.63, 3.8) is 0 Å². The van der Waals surface area contributed by atoms with Crippen molar-refractivity contribution in [1.82, 2.24) is 14.3 Å². The first kappa shape index (κ1) is 17.1. The molecule has 2 heterocycles. The molecule has 0 radical (unpaired) electrons. The third-order valence-corrected chi connectivity index (χ3v) is 4.90. The molecule has 7 heteroatoms. The Kier molecular flexibility index (Phi) is 6.01. The van der Waals surface area contributed by atoms with Gasteiger partial charge in [-0.2, -0.15) is 4.37 Å². The van der Waals surface area contributed by atoms with E-state index in [4.69, 9.17) is 4.74 Å². The summed E-state index contributed by atoms with van der Waals surface area (Å²) in [4.78, 5) is 9.06. The first-order chi connectivity index (χ1) is 11.7. The lowest BCUT2D eigenvalue weighted by Gasteiger charge is -2.23. The minimum atomic E-state index is -0.486. The quantitative estimate of drug-likeness (QED) is 0.859. The lowest BCUT2D eigenvalue weighted by molar-refractivity contribution is 0.0705. The van der Waals surface area contributed by atoms with Crippen LogP contribution in [0.3, 0.4) is 0 Å². The number of para-hydroxylation sites is 1. The van der Waals surface area contributed by atoms with E-state index in [2.05, 4.69) is 19.2 Å². The molecule has 1 N–H and O–H groups in total. The van der Waals surface area contributed by atoms with Crippen LogP contribution < -0.4 is 9.64 Å². The van der Waals surface area contributed by atoms with Gasteiger partial charge in [-0.3, -0.25) is 4.90 Å². The van der Waals surface area contributed by atoms with Gasteiger partial charge in [-0.15, -0.1) is 0 Å². The number of benzene rings is 1. The van der Waals surface area contributed by atoms with Gasteiger partial charge in [0, 0.05) is 37.7 Å². The van der Waals surface area contributed by atoms with Crippen LogP contribution in [-0.2, 0) is 0 Å². The first-order valence-corrected chi connectivity index (χ1v) is 9.11. The predicted molar refractivity (Wildman–Crippen MR) is 95.9 cm³/mol. The Bertz CT molecular complexity index is 622. The number of hydrogen-bond acceptors (Lipinski definition) is 7. The standard InChI is InChI=1S/C17H24N4O2S/c1-14-18-17(24-19-14)21-9-5-8-20(10-11-21)12-15(22)13-23-16-6-3-2-4-7-16/h2-4,6-7,15,22H,5,8-13H2,1H3. The molecule has 130 valence electrons. The zero-order valence-electron chi connectivity index (χ0n) is 14.0. The van der Waals surface area contributed by atoms with Gasteiger partial charge in [0.15, 0.2) is 0 Å². The molecule has 1 atom stereocenters. The molecule has 0 bridgehead atoms. The predicted octanol–water partition coefficient (Wildman–Crippen LogP) is 1.80. The summed E-state index contributed by atoms with van der Waals surface area (Å²) in [6.45, 7) is 6.68. The Labute approximate surface area is 146 Å². The van der Waals surface area contributed by atoms with Gasteiger partial charge in [0.1, 0.15) is 24.3 Å². The number of rotatable bonds is 6. The lowest BCUT2D eigenvalue weighted by Crippen LogP contribution is -2.38. The Balaban J connectivity index is 1.44. The van der Waals surface area contributed by atoms with E-state index in [1.165, 1.54) is 11.5 Å². The van der Waals surface area contributed by atoms with Gasteiger partial charge in [-0.25, -0.2) is 4.98 Å². The number of β-amino-alcohol motifs (C(OH)–C–C–N with tert-alkyl or cyclic N) is 1. The average Bonchev–Trinajstić information content (AvgIpc) is 2.89. The number of hydrogen-bond donors (Lipinski definition) is 1. The molecule has 3 rings (SSSR count). The van der Waals surface area contributed by atoms with Crippen LogP contribution in [0.25, 0.3) is 0 Å². The maximum Gasteiger partial charge on any atom is 0.205 e. The highest BCUT2D eigenvalue weighted by Crippen LogP contribution is 2.19. The number of anilines is 1. The first-order valence-electron chi connectivity index (χ1n) is 8.34. The lowest BCUT2D eigenvalue weighted by atomic mass is 10.3. The molecule has 1 saturated heterocycles. The van der Waals surface area contributed by atoms with Gasteiger partial charge in [-0.05, 0) is 32.0 Å². The van der Waals surface area contributed by atoms with E-state index in [1.54, 1.807) is 0 Å². The van der Waals surface area contributed by atoms with Crippen molar-refractivity contribution in [2.75, 3.05) is 44.2 Å². The van der Waals surface area contributed by atoms with Crippen LogP contribution >= 0.6 is 11.5 Å². The fraction of sp³-hybridized carbons (Fsp3) is 0.529. The summed E-state index contributed by atoms with van der Waals surface area (Å²) in [7, 11) is 0. The van der Waals surface area contributed by atoms with Crippen molar-refractivity contribution in [2.24, 2.45) is 0 Å². The number of aliphatic hydroxyl groups excluding tert-OH is 1. The van der Waals surface area contributed by atoms with Crippen molar-refractivity contribution in [1.29, 1.82) is 0 Å². The van der Waals surface area contributed by atoms with Crippen molar-refractivity contribution in [3.05, 3.63) is 36.2 Å². The molecular weight excluding hydrogens is 324 g/mol. The van der Waals surface area contributed by atoms with Crippen LogP contribution in [0.5, 0.6) is 5.75 Å². The summed E-state index contributed by atoms with van der Waals surface area (Å²) in [6, 6.07) is 9.62. The monoisotopic (exact) mass is 348 g/mol. The molecule has 2 aromatic rings. The molecule has 1 aliphatic heterocycles. The van der Waals surface area contributed by atoms with Crippen molar-refractivity contribution >= 4 is 16.7 Å². The van der Waals surface area contributed by atoms with E-state index in [1.807, 2.05) is 37.3 Å². The highest BCUT2D eigenvalue weighted by Gasteiger charge is 2.19. The third kappa shape index (κ3) is 4.90. The van der Waals surface area contributed by atoms with Gasteiger partial charge in [0.05, 0.1) is 0 Å². The van der Waals surface area contributed by atoms with Crippen molar-refractivity contribution in [3.8, 4) is 5.75 Å². The van der Waals surface area contributed by atoms with E-state index >= 15 is 0 Å². The van der Waals surface area contributed by atoms with E-state index in [0.717, 1.165) is 49.3 Å². The molecule has 1 aromatic carbocycles. The Morgan fingerprint density at radius 1 is 1.21 bits per heavy atom. The van der Waals surface area contributed by atoms with E-state index in [0.29, 0.717) is 13.2 Å². The minimum absolute atomic E-state index is 0.319. The molecular formula is C17H24N4O2S. The molecule has 1 aromatic heterocycles. The van der Waals surface area contributed by atoms with Crippen LogP contribution in [0, 0.1) is 6.92 Å². The van der Waals surface area contributed by atoms with E-state index in [-0.39, 0.29) is 0 Å². The number of aromatic nitrogens is 2. The van der Waals surface area contributed by atoms with Crippen LogP contribution in [0.4, 0.5) is 5.13 Å². The average molecular weight is 348 g/mol. The highest BCUT2D eigenvalue weighted by atomic mass is 32.1. The smallest absolute Gasteiger partial charge is 0.205 e. The summed E-state index contributed by atoms with van der Waals surface area (Å²) in [5, 5.41) is 11.2. The fourth-order valence-electron chi connectivity index (χ4n) is 2.82. The van der Waals surface area contributed by atoms with Crippen molar-refractivity contribution in [2.45, 2.75) is 19.4 Å². The van der Waals surface area contributed by atoms with Crippen LogP contribution in [0.1, 0.15) is 12.2 Å². The van der Waals surface area contributed by atoms with Gasteiger partial charge in [0.2, 0.25) is 5.13 Å². The second kappa shape index (κ2) is 8.41. The third-order valence-electron chi connectivity index (χ3n) is 4.03. The fourth-order valence-corrected chi connectivity index (χ4v) is 3.54. The van der Waals surface area contributed by atoms with Gasteiger partial charge in [-0.1, -0.05) is 18.2 Å². The second-order valence-corrected chi connectivity index (χ2v) is 6.77. The molecule has 0 saturated carbocycles. The van der Waals surface area contributed by atoms with Crippen LogP contribution in [0.2, 0.25) is 0 Å². The molecule has 1 aliphatic rings. The molecule has 6 nitrogen and oxygen atoms in total. The molecule has 0 aliphatic carbocycles. The van der Waals surface area contributed by atoms with Gasteiger partial charge >= 0.3 is 0 Å². The summed E-state index contributed by atoms with van der Waals surface area (Å²) in [5.41, 5.74) is 0. The highest BCUT2D eigenvalue weighted by molar-refractivity contribution is 7.09. The summed E-state index contributed by atoms with van der Waals surface area (Å²) in [6.07, 6.45) is 0.575. The topological polar surface area (TPSA) is 61.7 Å². The molecule has 24 heavy (non-hydrogen) atoms. The maximum atomic E-state index is 10.2. The van der Waals surface area contributed by atoms with Gasteiger partial charge < -0.3 is 14.7 Å². The zero-order chi connectivity index (χ0) is 16.8. The maximum absolute atomic E-state index is 10.2.